The molecule has 33 heavy (non-hydrogen) atoms. The Bertz CT molecular complexity index is 1200. The maximum absolute atomic E-state index is 9.02. The number of hydrogen-bond acceptors (Lipinski definition) is 6. The first-order valence-corrected chi connectivity index (χ1v) is 11.3. The number of benzene rings is 2. The van der Waals surface area contributed by atoms with Gasteiger partial charge in [0, 0.05) is 24.2 Å². The summed E-state index contributed by atoms with van der Waals surface area (Å²) < 4.78 is 7.77. The van der Waals surface area contributed by atoms with Gasteiger partial charge < -0.3 is 15.2 Å². The van der Waals surface area contributed by atoms with E-state index in [4.69, 9.17) is 9.84 Å². The van der Waals surface area contributed by atoms with Crippen molar-refractivity contribution in [2.75, 3.05) is 11.9 Å². The summed E-state index contributed by atoms with van der Waals surface area (Å²) >= 11 is 0. The Hall–Kier alpha value is -3.71. The van der Waals surface area contributed by atoms with Crippen LogP contribution in [-0.2, 0) is 13.0 Å². The lowest BCUT2D eigenvalue weighted by atomic mass is 10.1. The van der Waals surface area contributed by atoms with Crippen molar-refractivity contribution in [1.29, 1.82) is 0 Å². The zero-order valence-corrected chi connectivity index (χ0v) is 18.4. The number of hydrogen-bond donors (Lipinski definition) is 2. The Morgan fingerprint density at radius 3 is 2.79 bits per heavy atom. The monoisotopic (exact) mass is 441 g/mol. The molecule has 7 nitrogen and oxygen atoms in total. The van der Waals surface area contributed by atoms with E-state index >= 15 is 0 Å². The number of nitrogens with one attached hydrogen (secondary N) is 1. The van der Waals surface area contributed by atoms with E-state index in [1.165, 1.54) is 18.4 Å². The van der Waals surface area contributed by atoms with Gasteiger partial charge in [-0.1, -0.05) is 17.3 Å². The highest BCUT2D eigenvalue weighted by molar-refractivity contribution is 5.67. The summed E-state index contributed by atoms with van der Waals surface area (Å²) in [6.45, 7) is 0.612. The van der Waals surface area contributed by atoms with Crippen LogP contribution in [0.25, 0.3) is 5.69 Å². The highest BCUT2D eigenvalue weighted by Crippen LogP contribution is 2.45. The predicted octanol–water partition coefficient (Wildman–Crippen LogP) is 4.79. The standard InChI is InChI=1S/C26H27N5O2/c32-14-4-7-21-17-31(30-29-21)23-8-3-6-20(15-23)28-26-12-11-24(16-25(26)19-9-10-19)33-18-22-5-1-2-13-27-22/h1-3,5-6,8,11-13,15-17,19,28,32H,4,7,9-10,14,18H2. The minimum Gasteiger partial charge on any atom is -0.487 e. The Balaban J connectivity index is 1.31. The third kappa shape index (κ3) is 5.38. The molecule has 0 radical (unpaired) electrons. The van der Waals surface area contributed by atoms with Crippen molar-refractivity contribution >= 4 is 11.4 Å². The molecule has 168 valence electrons. The fraction of sp³-hybridized carbons (Fsp3) is 0.269. The average molecular weight is 442 g/mol. The van der Waals surface area contributed by atoms with Gasteiger partial charge in [0.2, 0.25) is 0 Å². The topological polar surface area (TPSA) is 85.1 Å². The molecule has 4 aromatic rings. The van der Waals surface area contributed by atoms with Crippen LogP contribution in [0.2, 0.25) is 0 Å². The first-order valence-electron chi connectivity index (χ1n) is 11.3. The summed E-state index contributed by atoms with van der Waals surface area (Å²) in [6, 6.07) is 20.2. The molecule has 2 N–H and O–H groups in total. The molecular formula is C26H27N5O2. The number of aliphatic hydroxyl groups is 1. The first-order chi connectivity index (χ1) is 16.3. The Morgan fingerprint density at radius 2 is 1.97 bits per heavy atom. The van der Waals surface area contributed by atoms with Crippen LogP contribution in [0.4, 0.5) is 11.4 Å². The van der Waals surface area contributed by atoms with Crippen molar-refractivity contribution in [1.82, 2.24) is 20.0 Å². The minimum absolute atomic E-state index is 0.155. The minimum atomic E-state index is 0.155. The molecule has 1 aliphatic rings. The molecule has 2 aromatic heterocycles. The Kier molecular flexibility index (Phi) is 6.30. The summed E-state index contributed by atoms with van der Waals surface area (Å²) in [4.78, 5) is 4.33. The van der Waals surface area contributed by atoms with Gasteiger partial charge in [0.25, 0.3) is 0 Å². The van der Waals surface area contributed by atoms with Crippen LogP contribution in [0.15, 0.2) is 73.1 Å². The summed E-state index contributed by atoms with van der Waals surface area (Å²) in [6.07, 6.45) is 7.50. The van der Waals surface area contributed by atoms with Gasteiger partial charge in [-0.05, 0) is 85.7 Å². The number of aromatic nitrogens is 4. The van der Waals surface area contributed by atoms with E-state index in [1.807, 2.05) is 42.6 Å². The highest BCUT2D eigenvalue weighted by atomic mass is 16.5. The fourth-order valence-corrected chi connectivity index (χ4v) is 3.80. The molecule has 2 aromatic carbocycles. The van der Waals surface area contributed by atoms with Gasteiger partial charge in [0.05, 0.1) is 23.3 Å². The second-order valence-corrected chi connectivity index (χ2v) is 8.29. The van der Waals surface area contributed by atoms with Crippen LogP contribution in [0.5, 0.6) is 5.75 Å². The van der Waals surface area contributed by atoms with E-state index in [0.29, 0.717) is 25.4 Å². The van der Waals surface area contributed by atoms with Gasteiger partial charge in [-0.2, -0.15) is 0 Å². The second-order valence-electron chi connectivity index (χ2n) is 8.29. The van der Waals surface area contributed by atoms with Crippen LogP contribution < -0.4 is 10.1 Å². The number of ether oxygens (including phenoxy) is 1. The molecule has 2 heterocycles. The van der Waals surface area contributed by atoms with Crippen molar-refractivity contribution in [3.05, 3.63) is 90.0 Å². The van der Waals surface area contributed by atoms with Crippen molar-refractivity contribution < 1.29 is 9.84 Å². The smallest absolute Gasteiger partial charge is 0.130 e. The normalized spacial score (nSPS) is 13.1. The third-order valence-corrected chi connectivity index (χ3v) is 5.67. The number of rotatable bonds is 10. The Labute approximate surface area is 193 Å². The molecule has 0 saturated heterocycles. The molecule has 1 saturated carbocycles. The lowest BCUT2D eigenvalue weighted by molar-refractivity contribution is 0.288. The predicted molar refractivity (Wildman–Crippen MR) is 127 cm³/mol. The van der Waals surface area contributed by atoms with E-state index in [9.17, 15) is 0 Å². The summed E-state index contributed by atoms with van der Waals surface area (Å²) in [5, 5.41) is 21.0. The molecule has 0 amide bonds. The first kappa shape index (κ1) is 21.2. The molecule has 0 spiro atoms. The average Bonchev–Trinajstić information content (AvgIpc) is 3.60. The summed E-state index contributed by atoms with van der Waals surface area (Å²) in [5.41, 5.74) is 6.10. The largest absolute Gasteiger partial charge is 0.487 e. The second kappa shape index (κ2) is 9.83. The van der Waals surface area contributed by atoms with E-state index in [-0.39, 0.29) is 6.61 Å². The quantitative estimate of drug-likeness (QED) is 0.368. The van der Waals surface area contributed by atoms with Crippen molar-refractivity contribution in [2.45, 2.75) is 38.2 Å². The van der Waals surface area contributed by atoms with E-state index in [0.717, 1.165) is 34.2 Å². The van der Waals surface area contributed by atoms with Crippen LogP contribution in [-0.4, -0.2) is 31.7 Å². The molecule has 1 fully saturated rings. The number of nitrogens with zero attached hydrogens (tertiary/aromatic N) is 4. The van der Waals surface area contributed by atoms with Gasteiger partial charge in [-0.3, -0.25) is 4.98 Å². The molecule has 1 aliphatic carbocycles. The van der Waals surface area contributed by atoms with Crippen LogP contribution in [0.3, 0.4) is 0 Å². The van der Waals surface area contributed by atoms with Gasteiger partial charge in [-0.15, -0.1) is 5.10 Å². The van der Waals surface area contributed by atoms with E-state index in [2.05, 4.69) is 44.9 Å². The van der Waals surface area contributed by atoms with Gasteiger partial charge in [-0.25, -0.2) is 4.68 Å². The number of anilines is 2. The lowest BCUT2D eigenvalue weighted by Gasteiger charge is -2.15. The molecular weight excluding hydrogens is 414 g/mol. The molecule has 7 heteroatoms. The number of pyridine rings is 1. The van der Waals surface area contributed by atoms with E-state index in [1.54, 1.807) is 10.9 Å². The van der Waals surface area contributed by atoms with Crippen LogP contribution >= 0.6 is 0 Å². The SMILES string of the molecule is OCCCc1cn(-c2cccc(Nc3ccc(OCc4ccccn4)cc3C3CC3)c2)nn1. The van der Waals surface area contributed by atoms with Crippen LogP contribution in [0.1, 0.15) is 42.1 Å². The third-order valence-electron chi connectivity index (χ3n) is 5.67. The van der Waals surface area contributed by atoms with E-state index < -0.39 is 0 Å². The molecule has 0 atom stereocenters. The maximum Gasteiger partial charge on any atom is 0.130 e. The van der Waals surface area contributed by atoms with Crippen molar-refractivity contribution in [2.24, 2.45) is 0 Å². The maximum atomic E-state index is 9.02. The van der Waals surface area contributed by atoms with Crippen molar-refractivity contribution in [3.63, 3.8) is 0 Å². The van der Waals surface area contributed by atoms with Crippen molar-refractivity contribution in [3.8, 4) is 11.4 Å². The fourth-order valence-electron chi connectivity index (χ4n) is 3.80. The van der Waals surface area contributed by atoms with Gasteiger partial charge >= 0.3 is 0 Å². The zero-order valence-electron chi connectivity index (χ0n) is 18.4. The number of aliphatic hydroxyl groups excluding tert-OH is 1. The van der Waals surface area contributed by atoms with Crippen LogP contribution in [0, 0.1) is 0 Å². The van der Waals surface area contributed by atoms with Gasteiger partial charge in [0.15, 0.2) is 0 Å². The highest BCUT2D eigenvalue weighted by Gasteiger charge is 2.26. The molecule has 0 unspecified atom stereocenters. The van der Waals surface area contributed by atoms with Gasteiger partial charge in [0.1, 0.15) is 12.4 Å². The molecule has 5 rings (SSSR count). The Morgan fingerprint density at radius 1 is 1.03 bits per heavy atom. The molecule has 0 aliphatic heterocycles. The summed E-state index contributed by atoms with van der Waals surface area (Å²) in [7, 11) is 0. The zero-order chi connectivity index (χ0) is 22.5. The number of aryl methyl sites for hydroxylation is 1. The lowest BCUT2D eigenvalue weighted by Crippen LogP contribution is -2.01. The summed E-state index contributed by atoms with van der Waals surface area (Å²) in [5.74, 6) is 1.43. The molecule has 0 bridgehead atoms.